The average Bonchev–Trinajstić information content (AvgIpc) is 2.45. The molecule has 0 bridgehead atoms. The normalized spacial score (nSPS) is 26.1. The van der Waals surface area contributed by atoms with Crippen molar-refractivity contribution in [3.8, 4) is 0 Å². The number of carbonyl (C=O) groups excluding carboxylic acids is 2. The van der Waals surface area contributed by atoms with Crippen LogP contribution in [0.1, 0.15) is 59.3 Å². The fourth-order valence-electron chi connectivity index (χ4n) is 3.26. The third-order valence-electron chi connectivity index (χ3n) is 4.47. The van der Waals surface area contributed by atoms with E-state index < -0.39 is 5.54 Å². The number of allylic oxidation sites excluding steroid dienone is 1. The Labute approximate surface area is 121 Å². The Morgan fingerprint density at radius 2 is 1.95 bits per heavy atom. The summed E-state index contributed by atoms with van der Waals surface area (Å²) in [5, 5.41) is 3.04. The van der Waals surface area contributed by atoms with Crippen molar-refractivity contribution in [1.82, 2.24) is 10.2 Å². The molecule has 1 heterocycles. The van der Waals surface area contributed by atoms with Crippen molar-refractivity contribution >= 4 is 11.8 Å². The van der Waals surface area contributed by atoms with Crippen LogP contribution in [0.2, 0.25) is 0 Å². The molecule has 1 spiro atoms. The minimum Gasteiger partial charge on any atom is -0.342 e. The number of hydrogen-bond acceptors (Lipinski definition) is 2. The maximum Gasteiger partial charge on any atom is 0.248 e. The lowest BCUT2D eigenvalue weighted by Crippen LogP contribution is -2.58. The van der Waals surface area contributed by atoms with E-state index >= 15 is 0 Å². The summed E-state index contributed by atoms with van der Waals surface area (Å²) in [6, 6.07) is -0.0283. The summed E-state index contributed by atoms with van der Waals surface area (Å²) in [5.41, 5.74) is 0.571. The van der Waals surface area contributed by atoms with Gasteiger partial charge >= 0.3 is 0 Å². The topological polar surface area (TPSA) is 49.4 Å². The predicted octanol–water partition coefficient (Wildman–Crippen LogP) is 2.39. The molecule has 4 nitrogen and oxygen atoms in total. The van der Waals surface area contributed by atoms with E-state index in [1.807, 2.05) is 25.7 Å². The summed E-state index contributed by atoms with van der Waals surface area (Å²) >= 11 is 0. The van der Waals surface area contributed by atoms with Gasteiger partial charge in [0.2, 0.25) is 11.8 Å². The Hall–Kier alpha value is -1.32. The third kappa shape index (κ3) is 3.05. The van der Waals surface area contributed by atoms with Gasteiger partial charge in [-0.15, -0.1) is 0 Å². The van der Waals surface area contributed by atoms with E-state index in [-0.39, 0.29) is 17.9 Å². The first kappa shape index (κ1) is 15.1. The van der Waals surface area contributed by atoms with Crippen LogP contribution in [-0.4, -0.2) is 34.8 Å². The van der Waals surface area contributed by atoms with E-state index in [0.717, 1.165) is 32.1 Å². The first-order chi connectivity index (χ1) is 9.44. The van der Waals surface area contributed by atoms with Crippen LogP contribution in [0.25, 0.3) is 0 Å². The van der Waals surface area contributed by atoms with Crippen molar-refractivity contribution in [3.05, 3.63) is 11.6 Å². The molecule has 1 aliphatic heterocycles. The van der Waals surface area contributed by atoms with Gasteiger partial charge in [0.05, 0.1) is 0 Å². The summed E-state index contributed by atoms with van der Waals surface area (Å²) in [6.07, 6.45) is 7.26. The van der Waals surface area contributed by atoms with Gasteiger partial charge in [-0.25, -0.2) is 0 Å². The van der Waals surface area contributed by atoms with Gasteiger partial charge in [0.15, 0.2) is 0 Å². The highest BCUT2D eigenvalue weighted by Gasteiger charge is 2.46. The Morgan fingerprint density at radius 1 is 1.30 bits per heavy atom. The van der Waals surface area contributed by atoms with Crippen LogP contribution in [0.3, 0.4) is 0 Å². The van der Waals surface area contributed by atoms with E-state index in [1.54, 1.807) is 0 Å². The number of rotatable bonds is 2. The Bertz CT molecular complexity index is 418. The number of carbonyl (C=O) groups is 2. The molecule has 20 heavy (non-hydrogen) atoms. The molecule has 0 aromatic rings. The van der Waals surface area contributed by atoms with Crippen molar-refractivity contribution in [3.63, 3.8) is 0 Å². The van der Waals surface area contributed by atoms with Crippen LogP contribution >= 0.6 is 0 Å². The molecule has 1 N–H and O–H groups in total. The summed E-state index contributed by atoms with van der Waals surface area (Å²) in [7, 11) is 0. The van der Waals surface area contributed by atoms with Gasteiger partial charge in [0.25, 0.3) is 0 Å². The standard InChI is InChI=1S/C16H26N2O2/c1-12(2)7-10-18-13(3)11-14(19)17-16(15(18)20)8-5-4-6-9-16/h7,13H,4-6,8-11H2,1-3H3,(H,17,19). The molecule has 112 valence electrons. The van der Waals surface area contributed by atoms with Crippen LogP contribution in [0, 0.1) is 0 Å². The minimum atomic E-state index is -0.629. The zero-order valence-corrected chi connectivity index (χ0v) is 12.9. The number of hydrogen-bond donors (Lipinski definition) is 1. The lowest BCUT2D eigenvalue weighted by Gasteiger charge is -2.39. The van der Waals surface area contributed by atoms with Gasteiger partial charge in [0, 0.05) is 19.0 Å². The van der Waals surface area contributed by atoms with Crippen LogP contribution in [0.15, 0.2) is 11.6 Å². The molecular weight excluding hydrogens is 252 g/mol. The van der Waals surface area contributed by atoms with Gasteiger partial charge in [-0.1, -0.05) is 30.9 Å². The number of amides is 2. The molecule has 2 rings (SSSR count). The zero-order chi connectivity index (χ0) is 14.8. The third-order valence-corrected chi connectivity index (χ3v) is 4.47. The highest BCUT2D eigenvalue weighted by atomic mass is 16.2. The Balaban J connectivity index is 2.27. The Morgan fingerprint density at radius 3 is 2.55 bits per heavy atom. The van der Waals surface area contributed by atoms with Crippen molar-refractivity contribution in [2.45, 2.75) is 70.9 Å². The van der Waals surface area contributed by atoms with Gasteiger partial charge < -0.3 is 10.2 Å². The highest BCUT2D eigenvalue weighted by molar-refractivity contribution is 5.94. The predicted molar refractivity (Wildman–Crippen MR) is 79.2 cm³/mol. The van der Waals surface area contributed by atoms with Crippen molar-refractivity contribution in [2.75, 3.05) is 6.54 Å². The van der Waals surface area contributed by atoms with E-state index in [1.165, 1.54) is 5.57 Å². The van der Waals surface area contributed by atoms with Crippen molar-refractivity contribution in [1.29, 1.82) is 0 Å². The summed E-state index contributed by atoms with van der Waals surface area (Å²) < 4.78 is 0. The van der Waals surface area contributed by atoms with Gasteiger partial charge in [-0.05, 0) is 33.6 Å². The van der Waals surface area contributed by atoms with Crippen LogP contribution in [-0.2, 0) is 9.59 Å². The fourth-order valence-corrected chi connectivity index (χ4v) is 3.26. The fraction of sp³-hybridized carbons (Fsp3) is 0.750. The van der Waals surface area contributed by atoms with E-state index in [4.69, 9.17) is 0 Å². The quantitative estimate of drug-likeness (QED) is 0.789. The molecule has 0 radical (unpaired) electrons. The molecule has 1 aliphatic carbocycles. The van der Waals surface area contributed by atoms with Crippen LogP contribution in [0.5, 0.6) is 0 Å². The molecule has 1 unspecified atom stereocenters. The van der Waals surface area contributed by atoms with E-state index in [9.17, 15) is 9.59 Å². The molecule has 1 saturated heterocycles. The maximum atomic E-state index is 13.0. The molecule has 4 heteroatoms. The molecule has 2 amide bonds. The SMILES string of the molecule is CC(C)=CCN1C(=O)C2(CCCCC2)NC(=O)CC1C. The monoisotopic (exact) mass is 278 g/mol. The molecule has 2 fully saturated rings. The molecule has 1 saturated carbocycles. The second-order valence-electron chi connectivity index (χ2n) is 6.48. The zero-order valence-electron chi connectivity index (χ0n) is 12.9. The summed E-state index contributed by atoms with van der Waals surface area (Å²) in [5.74, 6) is 0.139. The Kier molecular flexibility index (Phi) is 4.51. The average molecular weight is 278 g/mol. The minimum absolute atomic E-state index is 0.0208. The van der Waals surface area contributed by atoms with Gasteiger partial charge in [-0.3, -0.25) is 9.59 Å². The largest absolute Gasteiger partial charge is 0.342 e. The second kappa shape index (κ2) is 5.98. The summed E-state index contributed by atoms with van der Waals surface area (Å²) in [6.45, 7) is 6.65. The number of nitrogens with one attached hydrogen (secondary N) is 1. The maximum absolute atomic E-state index is 13.0. The molecule has 1 atom stereocenters. The molecule has 0 aromatic carbocycles. The number of nitrogens with zero attached hydrogens (tertiary/aromatic N) is 1. The second-order valence-corrected chi connectivity index (χ2v) is 6.48. The smallest absolute Gasteiger partial charge is 0.248 e. The van der Waals surface area contributed by atoms with Crippen LogP contribution in [0.4, 0.5) is 0 Å². The van der Waals surface area contributed by atoms with Gasteiger partial charge in [0.1, 0.15) is 5.54 Å². The first-order valence-corrected chi connectivity index (χ1v) is 7.70. The summed E-state index contributed by atoms with van der Waals surface area (Å²) in [4.78, 5) is 26.9. The lowest BCUT2D eigenvalue weighted by molar-refractivity contribution is -0.141. The lowest BCUT2D eigenvalue weighted by atomic mass is 9.80. The highest BCUT2D eigenvalue weighted by Crippen LogP contribution is 2.32. The molecule has 2 aliphatic rings. The van der Waals surface area contributed by atoms with E-state index in [2.05, 4.69) is 11.4 Å². The van der Waals surface area contributed by atoms with Crippen molar-refractivity contribution < 1.29 is 9.59 Å². The molecule has 0 aromatic heterocycles. The van der Waals surface area contributed by atoms with E-state index in [0.29, 0.717) is 13.0 Å². The van der Waals surface area contributed by atoms with Crippen LogP contribution < -0.4 is 5.32 Å². The van der Waals surface area contributed by atoms with Crippen molar-refractivity contribution in [2.24, 2.45) is 0 Å². The van der Waals surface area contributed by atoms with Gasteiger partial charge in [-0.2, -0.15) is 0 Å². The molecular formula is C16H26N2O2. The first-order valence-electron chi connectivity index (χ1n) is 7.70.